The Kier molecular flexibility index (Phi) is 3.64. The Hall–Kier alpha value is -1.07. The number of rotatable bonds is 3. The van der Waals surface area contributed by atoms with E-state index < -0.39 is 15.0 Å². The zero-order valence-corrected chi connectivity index (χ0v) is 11.2. The van der Waals surface area contributed by atoms with Gasteiger partial charge in [-0.3, -0.25) is 4.79 Å². The summed E-state index contributed by atoms with van der Waals surface area (Å²) in [5.74, 6) is -0.989. The van der Waals surface area contributed by atoms with E-state index in [1.54, 1.807) is 6.07 Å². The number of benzene rings is 1. The van der Waals surface area contributed by atoms with Gasteiger partial charge in [-0.25, -0.2) is 8.42 Å². The molecule has 0 saturated carbocycles. The number of fused-ring (bicyclic) bond motifs is 1. The molecular formula is C12H13ClO4S. The molecule has 0 heterocycles. The van der Waals surface area contributed by atoms with Crippen LogP contribution in [0.1, 0.15) is 36.3 Å². The van der Waals surface area contributed by atoms with E-state index in [2.05, 4.69) is 0 Å². The maximum Gasteiger partial charge on any atom is 0.303 e. The van der Waals surface area contributed by atoms with Gasteiger partial charge in [-0.2, -0.15) is 0 Å². The Morgan fingerprint density at radius 2 is 2.17 bits per heavy atom. The van der Waals surface area contributed by atoms with Crippen molar-refractivity contribution in [3.63, 3.8) is 0 Å². The number of hydrogen-bond donors (Lipinski definition) is 1. The Morgan fingerprint density at radius 1 is 1.44 bits per heavy atom. The third kappa shape index (κ3) is 2.84. The minimum atomic E-state index is -3.76. The van der Waals surface area contributed by atoms with Crippen molar-refractivity contribution < 1.29 is 18.3 Å². The van der Waals surface area contributed by atoms with Crippen LogP contribution < -0.4 is 0 Å². The molecule has 0 saturated heterocycles. The van der Waals surface area contributed by atoms with Crippen molar-refractivity contribution in [1.29, 1.82) is 0 Å². The third-order valence-electron chi connectivity index (χ3n) is 3.26. The molecule has 1 unspecified atom stereocenters. The summed E-state index contributed by atoms with van der Waals surface area (Å²) in [7, 11) is 1.55. The summed E-state index contributed by atoms with van der Waals surface area (Å²) in [6.07, 6.45) is 2.58. The van der Waals surface area contributed by atoms with Gasteiger partial charge in [-0.1, -0.05) is 6.07 Å². The van der Waals surface area contributed by atoms with Crippen molar-refractivity contribution in [1.82, 2.24) is 0 Å². The Labute approximate surface area is 110 Å². The SMILES string of the molecule is O=C(O)CC1CCCc2ccc(S(=O)(=O)Cl)cc21. The summed E-state index contributed by atoms with van der Waals surface area (Å²) < 4.78 is 22.6. The van der Waals surface area contributed by atoms with Crippen LogP contribution in [0, 0.1) is 0 Å². The first-order valence-electron chi connectivity index (χ1n) is 5.67. The molecular weight excluding hydrogens is 276 g/mol. The number of carboxylic acids is 1. The largest absolute Gasteiger partial charge is 0.481 e. The van der Waals surface area contributed by atoms with Crippen LogP contribution in [0.2, 0.25) is 0 Å². The van der Waals surface area contributed by atoms with E-state index in [4.69, 9.17) is 15.8 Å². The molecule has 4 nitrogen and oxygen atoms in total. The zero-order chi connectivity index (χ0) is 13.3. The number of halogens is 1. The van der Waals surface area contributed by atoms with Crippen molar-refractivity contribution in [2.45, 2.75) is 36.5 Å². The van der Waals surface area contributed by atoms with Crippen molar-refractivity contribution in [3.8, 4) is 0 Å². The lowest BCUT2D eigenvalue weighted by Crippen LogP contribution is -2.14. The summed E-state index contributed by atoms with van der Waals surface area (Å²) in [5, 5.41) is 8.88. The summed E-state index contributed by atoms with van der Waals surface area (Å²) in [5.41, 5.74) is 1.84. The van der Waals surface area contributed by atoms with Gasteiger partial charge in [0.2, 0.25) is 0 Å². The molecule has 0 spiro atoms. The molecule has 98 valence electrons. The summed E-state index contributed by atoms with van der Waals surface area (Å²) >= 11 is 0. The first-order valence-corrected chi connectivity index (χ1v) is 7.98. The molecule has 0 aromatic heterocycles. The highest BCUT2D eigenvalue weighted by Gasteiger charge is 2.24. The molecule has 1 aliphatic carbocycles. The first-order chi connectivity index (χ1) is 8.38. The highest BCUT2D eigenvalue weighted by Crippen LogP contribution is 2.35. The Balaban J connectivity index is 2.44. The average molecular weight is 289 g/mol. The van der Waals surface area contributed by atoms with Gasteiger partial charge < -0.3 is 5.11 Å². The van der Waals surface area contributed by atoms with E-state index in [1.807, 2.05) is 0 Å². The molecule has 0 aliphatic heterocycles. The maximum absolute atomic E-state index is 11.3. The van der Waals surface area contributed by atoms with E-state index in [0.717, 1.165) is 30.4 Å². The fourth-order valence-corrected chi connectivity index (χ4v) is 3.24. The molecule has 1 aliphatic rings. The van der Waals surface area contributed by atoms with Crippen LogP contribution in [0.25, 0.3) is 0 Å². The highest BCUT2D eigenvalue weighted by atomic mass is 35.7. The van der Waals surface area contributed by atoms with Crippen LogP contribution in [0.15, 0.2) is 23.1 Å². The molecule has 1 aromatic rings. The fourth-order valence-electron chi connectivity index (χ4n) is 2.45. The molecule has 0 amide bonds. The van der Waals surface area contributed by atoms with Gasteiger partial charge in [-0.15, -0.1) is 0 Å². The smallest absolute Gasteiger partial charge is 0.303 e. The molecule has 0 bridgehead atoms. The van der Waals surface area contributed by atoms with Crippen LogP contribution in [0.4, 0.5) is 0 Å². The Bertz CT molecular complexity index is 580. The van der Waals surface area contributed by atoms with Crippen molar-refractivity contribution in [2.24, 2.45) is 0 Å². The highest BCUT2D eigenvalue weighted by molar-refractivity contribution is 8.13. The topological polar surface area (TPSA) is 71.4 Å². The normalized spacial score (nSPS) is 19.3. The molecule has 1 atom stereocenters. The van der Waals surface area contributed by atoms with Crippen LogP contribution in [0.5, 0.6) is 0 Å². The zero-order valence-electron chi connectivity index (χ0n) is 9.60. The first kappa shape index (κ1) is 13.4. The van der Waals surface area contributed by atoms with E-state index in [1.165, 1.54) is 12.1 Å². The van der Waals surface area contributed by atoms with Gasteiger partial charge in [0.1, 0.15) is 0 Å². The van der Waals surface area contributed by atoms with Crippen LogP contribution >= 0.6 is 10.7 Å². The summed E-state index contributed by atoms with van der Waals surface area (Å²) in [6, 6.07) is 4.73. The van der Waals surface area contributed by atoms with E-state index >= 15 is 0 Å². The van der Waals surface area contributed by atoms with Crippen molar-refractivity contribution >= 4 is 25.7 Å². The van der Waals surface area contributed by atoms with Gasteiger partial charge in [0.25, 0.3) is 9.05 Å². The van der Waals surface area contributed by atoms with E-state index in [9.17, 15) is 13.2 Å². The predicted molar refractivity (Wildman–Crippen MR) is 67.4 cm³/mol. The second kappa shape index (κ2) is 4.90. The minimum absolute atomic E-state index is 0.0266. The number of carboxylic acid groups (broad SMARTS) is 1. The fraction of sp³-hybridized carbons (Fsp3) is 0.417. The van der Waals surface area contributed by atoms with Crippen molar-refractivity contribution in [2.75, 3.05) is 0 Å². The lowest BCUT2D eigenvalue weighted by atomic mass is 9.81. The molecule has 6 heteroatoms. The quantitative estimate of drug-likeness (QED) is 0.868. The van der Waals surface area contributed by atoms with E-state index in [0.29, 0.717) is 0 Å². The summed E-state index contributed by atoms with van der Waals surface area (Å²) in [4.78, 5) is 10.9. The molecule has 0 radical (unpaired) electrons. The van der Waals surface area contributed by atoms with Crippen LogP contribution in [0.3, 0.4) is 0 Å². The lowest BCUT2D eigenvalue weighted by Gasteiger charge is -2.24. The number of aryl methyl sites for hydroxylation is 1. The molecule has 2 rings (SSSR count). The average Bonchev–Trinajstić information content (AvgIpc) is 2.27. The van der Waals surface area contributed by atoms with Crippen molar-refractivity contribution in [3.05, 3.63) is 29.3 Å². The number of aliphatic carboxylic acids is 1. The van der Waals surface area contributed by atoms with Gasteiger partial charge in [0.05, 0.1) is 11.3 Å². The van der Waals surface area contributed by atoms with Gasteiger partial charge in [-0.05, 0) is 48.4 Å². The maximum atomic E-state index is 11.3. The van der Waals surface area contributed by atoms with E-state index in [-0.39, 0.29) is 17.2 Å². The van der Waals surface area contributed by atoms with Crippen LogP contribution in [-0.4, -0.2) is 19.5 Å². The second-order valence-electron chi connectivity index (χ2n) is 4.49. The summed E-state index contributed by atoms with van der Waals surface area (Å²) in [6.45, 7) is 0. The molecule has 1 aromatic carbocycles. The monoisotopic (exact) mass is 288 g/mol. The van der Waals surface area contributed by atoms with Gasteiger partial charge in [0, 0.05) is 10.7 Å². The number of carbonyl (C=O) groups is 1. The third-order valence-corrected chi connectivity index (χ3v) is 4.61. The molecule has 18 heavy (non-hydrogen) atoms. The second-order valence-corrected chi connectivity index (χ2v) is 7.05. The molecule has 1 N–H and O–H groups in total. The predicted octanol–water partition coefficient (Wildman–Crippen LogP) is 2.51. The Morgan fingerprint density at radius 3 is 2.78 bits per heavy atom. The number of hydrogen-bond acceptors (Lipinski definition) is 3. The minimum Gasteiger partial charge on any atom is -0.481 e. The standard InChI is InChI=1S/C12H13ClO4S/c13-18(16,17)10-5-4-8-2-1-3-9(6-12(14)15)11(8)7-10/h4-5,7,9H,1-3,6H2,(H,14,15). The van der Waals surface area contributed by atoms with Gasteiger partial charge >= 0.3 is 5.97 Å². The lowest BCUT2D eigenvalue weighted by molar-refractivity contribution is -0.137. The molecule has 0 fully saturated rings. The van der Waals surface area contributed by atoms with Crippen LogP contribution in [-0.2, 0) is 20.3 Å². The van der Waals surface area contributed by atoms with Gasteiger partial charge in [0.15, 0.2) is 0 Å².